The van der Waals surface area contributed by atoms with Gasteiger partial charge in [0.05, 0.1) is 11.6 Å². The lowest BCUT2D eigenvalue weighted by molar-refractivity contribution is 0.174. The predicted molar refractivity (Wildman–Crippen MR) is 63.5 cm³/mol. The Morgan fingerprint density at radius 2 is 2.28 bits per heavy atom. The van der Waals surface area contributed by atoms with Crippen LogP contribution in [0.1, 0.15) is 11.5 Å². The van der Waals surface area contributed by atoms with E-state index in [9.17, 15) is 0 Å². The summed E-state index contributed by atoms with van der Waals surface area (Å²) >= 11 is 6.29. The number of hydrogen-bond donors (Lipinski definition) is 1. The zero-order valence-electron chi connectivity index (χ0n) is 9.57. The number of rotatable bonds is 2. The molecule has 0 saturated carbocycles. The molecule has 7 heteroatoms. The molecule has 1 aliphatic rings. The van der Waals surface area contributed by atoms with Crippen molar-refractivity contribution < 1.29 is 14.0 Å². The Hall–Kier alpha value is -1.79. The minimum absolute atomic E-state index is 0.165. The zero-order chi connectivity index (χ0) is 12.7. The molecule has 0 radical (unpaired) electrons. The van der Waals surface area contributed by atoms with Gasteiger partial charge in [0, 0.05) is 5.56 Å². The molecule has 0 aliphatic carbocycles. The van der Waals surface area contributed by atoms with E-state index >= 15 is 0 Å². The van der Waals surface area contributed by atoms with Crippen molar-refractivity contribution >= 4 is 11.6 Å². The van der Waals surface area contributed by atoms with Crippen molar-refractivity contribution in [3.63, 3.8) is 0 Å². The zero-order valence-corrected chi connectivity index (χ0v) is 10.3. The molecular formula is C11H10ClN3O3. The van der Waals surface area contributed by atoms with Gasteiger partial charge in [0.25, 0.3) is 0 Å². The van der Waals surface area contributed by atoms with Gasteiger partial charge < -0.3 is 19.7 Å². The molecule has 2 aromatic rings. The van der Waals surface area contributed by atoms with E-state index in [2.05, 4.69) is 10.1 Å². The number of nitrogens with zero attached hydrogens (tertiary/aromatic N) is 2. The van der Waals surface area contributed by atoms with E-state index in [1.54, 1.807) is 0 Å². The second-order valence-electron chi connectivity index (χ2n) is 3.83. The minimum atomic E-state index is 0.165. The van der Waals surface area contributed by atoms with Gasteiger partial charge in [-0.15, -0.1) is 0 Å². The summed E-state index contributed by atoms with van der Waals surface area (Å²) in [5.74, 6) is 1.90. The van der Waals surface area contributed by atoms with Crippen molar-refractivity contribution in [2.45, 2.75) is 13.5 Å². The Kier molecular flexibility index (Phi) is 2.61. The first-order valence-electron chi connectivity index (χ1n) is 5.32. The second kappa shape index (κ2) is 4.15. The van der Waals surface area contributed by atoms with Gasteiger partial charge in [-0.1, -0.05) is 16.8 Å². The predicted octanol–water partition coefficient (Wildman–Crippen LogP) is 1.89. The van der Waals surface area contributed by atoms with E-state index in [1.165, 1.54) is 0 Å². The number of benzene rings is 1. The lowest BCUT2D eigenvalue weighted by Gasteiger charge is -2.07. The molecule has 1 aromatic heterocycles. The summed E-state index contributed by atoms with van der Waals surface area (Å²) in [6.45, 7) is 2.24. The molecule has 0 saturated heterocycles. The monoisotopic (exact) mass is 267 g/mol. The third kappa shape index (κ3) is 1.61. The number of hydrogen-bond acceptors (Lipinski definition) is 6. The first kappa shape index (κ1) is 11.3. The molecule has 0 amide bonds. The number of halogens is 1. The summed E-state index contributed by atoms with van der Waals surface area (Å²) < 4.78 is 15.6. The average molecular weight is 268 g/mol. The maximum atomic E-state index is 6.29. The Morgan fingerprint density at radius 1 is 1.44 bits per heavy atom. The van der Waals surface area contributed by atoms with Crippen LogP contribution in [0.2, 0.25) is 5.02 Å². The Morgan fingerprint density at radius 3 is 3.00 bits per heavy atom. The van der Waals surface area contributed by atoms with E-state index in [-0.39, 0.29) is 13.3 Å². The van der Waals surface area contributed by atoms with E-state index in [0.29, 0.717) is 33.8 Å². The summed E-state index contributed by atoms with van der Waals surface area (Å²) in [4.78, 5) is 4.16. The van der Waals surface area contributed by atoms with Crippen LogP contribution in [0.15, 0.2) is 10.6 Å². The fourth-order valence-electron chi connectivity index (χ4n) is 1.84. The molecule has 18 heavy (non-hydrogen) atoms. The number of aryl methyl sites for hydroxylation is 1. The van der Waals surface area contributed by atoms with Gasteiger partial charge >= 0.3 is 0 Å². The van der Waals surface area contributed by atoms with Gasteiger partial charge in [-0.05, 0) is 18.6 Å². The molecular weight excluding hydrogens is 258 g/mol. The van der Waals surface area contributed by atoms with E-state index < -0.39 is 0 Å². The largest absolute Gasteiger partial charge is 0.454 e. The van der Waals surface area contributed by atoms with Gasteiger partial charge in [-0.2, -0.15) is 4.98 Å². The summed E-state index contributed by atoms with van der Waals surface area (Å²) in [7, 11) is 0. The molecule has 94 valence electrons. The van der Waals surface area contributed by atoms with Crippen LogP contribution < -0.4 is 15.2 Å². The molecule has 0 spiro atoms. The molecule has 0 fully saturated rings. The van der Waals surface area contributed by atoms with E-state index in [1.807, 2.05) is 13.0 Å². The molecule has 1 aliphatic heterocycles. The molecule has 0 unspecified atom stereocenters. The fourth-order valence-corrected chi connectivity index (χ4v) is 2.22. The van der Waals surface area contributed by atoms with Crippen molar-refractivity contribution in [2.24, 2.45) is 5.73 Å². The SMILES string of the molecule is Cc1cc2c(c(Cl)c1-c1noc(CN)n1)OCO2. The standard InChI is InChI=1S/C11H10ClN3O3/c1-5-2-6-10(17-4-16-6)9(12)8(5)11-14-7(3-13)18-15-11/h2H,3-4,13H2,1H3. The Labute approximate surface area is 108 Å². The number of fused-ring (bicyclic) bond motifs is 1. The smallest absolute Gasteiger partial charge is 0.240 e. The summed E-state index contributed by atoms with van der Waals surface area (Å²) in [6, 6.07) is 1.84. The first-order valence-corrected chi connectivity index (χ1v) is 5.70. The topological polar surface area (TPSA) is 83.4 Å². The third-order valence-corrected chi connectivity index (χ3v) is 3.03. The molecule has 6 nitrogen and oxygen atoms in total. The normalized spacial score (nSPS) is 13.1. The van der Waals surface area contributed by atoms with Gasteiger partial charge in [0.1, 0.15) is 0 Å². The van der Waals surface area contributed by atoms with E-state index in [4.69, 9.17) is 31.3 Å². The maximum absolute atomic E-state index is 6.29. The van der Waals surface area contributed by atoms with Gasteiger partial charge in [-0.3, -0.25) is 0 Å². The van der Waals surface area contributed by atoms with Crippen LogP contribution in [-0.4, -0.2) is 16.9 Å². The number of aromatic nitrogens is 2. The maximum Gasteiger partial charge on any atom is 0.240 e. The highest BCUT2D eigenvalue weighted by Crippen LogP contribution is 2.45. The lowest BCUT2D eigenvalue weighted by Crippen LogP contribution is -1.96. The molecule has 2 heterocycles. The van der Waals surface area contributed by atoms with Crippen LogP contribution in [0.5, 0.6) is 11.5 Å². The van der Waals surface area contributed by atoms with Crippen LogP contribution in [-0.2, 0) is 6.54 Å². The van der Waals surface area contributed by atoms with Crippen molar-refractivity contribution in [3.05, 3.63) is 22.5 Å². The molecule has 2 N–H and O–H groups in total. The van der Waals surface area contributed by atoms with Crippen LogP contribution in [0.25, 0.3) is 11.4 Å². The van der Waals surface area contributed by atoms with Gasteiger partial charge in [0.2, 0.25) is 18.5 Å². The van der Waals surface area contributed by atoms with Crippen molar-refractivity contribution in [1.29, 1.82) is 0 Å². The third-order valence-electron chi connectivity index (χ3n) is 2.67. The fraction of sp³-hybridized carbons (Fsp3) is 0.273. The van der Waals surface area contributed by atoms with Gasteiger partial charge in [0.15, 0.2) is 11.5 Å². The molecule has 1 aromatic carbocycles. The van der Waals surface area contributed by atoms with Gasteiger partial charge in [-0.25, -0.2) is 0 Å². The number of nitrogens with two attached hydrogens (primary N) is 1. The molecule has 0 atom stereocenters. The molecule has 0 bridgehead atoms. The van der Waals surface area contributed by atoms with Crippen LogP contribution in [0, 0.1) is 6.92 Å². The Balaban J connectivity index is 2.17. The lowest BCUT2D eigenvalue weighted by atomic mass is 10.1. The Bertz CT molecular complexity index is 612. The van der Waals surface area contributed by atoms with Crippen molar-refractivity contribution in [3.8, 4) is 22.9 Å². The summed E-state index contributed by atoms with van der Waals surface area (Å²) in [5.41, 5.74) is 6.99. The quantitative estimate of drug-likeness (QED) is 0.894. The van der Waals surface area contributed by atoms with E-state index in [0.717, 1.165) is 5.56 Å². The average Bonchev–Trinajstić information content (AvgIpc) is 2.97. The number of ether oxygens (including phenoxy) is 2. The van der Waals surface area contributed by atoms with Crippen LogP contribution in [0.3, 0.4) is 0 Å². The first-order chi connectivity index (χ1) is 8.70. The van der Waals surface area contributed by atoms with Crippen LogP contribution >= 0.6 is 11.6 Å². The highest BCUT2D eigenvalue weighted by Gasteiger charge is 2.24. The van der Waals surface area contributed by atoms with Crippen molar-refractivity contribution in [2.75, 3.05) is 6.79 Å². The molecule has 3 rings (SSSR count). The second-order valence-corrected chi connectivity index (χ2v) is 4.21. The summed E-state index contributed by atoms with van der Waals surface area (Å²) in [5, 5.41) is 4.28. The summed E-state index contributed by atoms with van der Waals surface area (Å²) in [6.07, 6.45) is 0. The van der Waals surface area contributed by atoms with Crippen LogP contribution in [0.4, 0.5) is 0 Å². The highest BCUT2D eigenvalue weighted by atomic mass is 35.5. The van der Waals surface area contributed by atoms with Crippen molar-refractivity contribution in [1.82, 2.24) is 10.1 Å². The highest BCUT2D eigenvalue weighted by molar-refractivity contribution is 6.35. The minimum Gasteiger partial charge on any atom is -0.454 e.